The molecule has 2 aromatic rings. The Morgan fingerprint density at radius 1 is 1.60 bits per heavy atom. The predicted molar refractivity (Wildman–Crippen MR) is 75.5 cm³/mol. The van der Waals surface area contributed by atoms with Crippen LogP contribution in [0.25, 0.3) is 10.6 Å². The van der Waals surface area contributed by atoms with Gasteiger partial charge >= 0.3 is 0 Å². The lowest BCUT2D eigenvalue weighted by Crippen LogP contribution is -2.41. The first-order valence-corrected chi connectivity index (χ1v) is 7.55. The van der Waals surface area contributed by atoms with Crippen LogP contribution in [0.3, 0.4) is 0 Å². The minimum absolute atomic E-state index is 0.111. The van der Waals surface area contributed by atoms with Gasteiger partial charge in [-0.3, -0.25) is 4.79 Å². The van der Waals surface area contributed by atoms with Crippen LogP contribution in [-0.4, -0.2) is 40.6 Å². The van der Waals surface area contributed by atoms with Crippen molar-refractivity contribution in [1.82, 2.24) is 9.88 Å². The Balaban J connectivity index is 1.83. The maximum atomic E-state index is 12.6. The molecule has 1 amide bonds. The smallest absolute Gasteiger partial charge is 0.276 e. The van der Waals surface area contributed by atoms with Crippen molar-refractivity contribution in [2.24, 2.45) is 5.92 Å². The highest BCUT2D eigenvalue weighted by molar-refractivity contribution is 7.13. The molecular weight excluding hydrogens is 276 g/mol. The first kappa shape index (κ1) is 13.3. The van der Waals surface area contributed by atoms with Crippen molar-refractivity contribution in [2.75, 3.05) is 19.7 Å². The Kier molecular flexibility index (Phi) is 3.84. The van der Waals surface area contributed by atoms with Crippen LogP contribution in [-0.2, 0) is 0 Å². The number of aliphatic hydroxyl groups is 1. The molecule has 1 N–H and O–H groups in total. The molecule has 5 nitrogen and oxygen atoms in total. The molecule has 1 atom stereocenters. The van der Waals surface area contributed by atoms with Gasteiger partial charge in [0.05, 0.1) is 4.88 Å². The van der Waals surface area contributed by atoms with Crippen LogP contribution in [0.5, 0.6) is 0 Å². The van der Waals surface area contributed by atoms with Gasteiger partial charge < -0.3 is 14.4 Å². The molecule has 1 aliphatic heterocycles. The molecule has 1 fully saturated rings. The zero-order valence-corrected chi connectivity index (χ0v) is 11.8. The number of carbonyl (C=O) groups excluding carboxylic acids is 1. The molecule has 1 unspecified atom stereocenters. The third-order valence-corrected chi connectivity index (χ3v) is 4.45. The Hall–Kier alpha value is -1.66. The summed E-state index contributed by atoms with van der Waals surface area (Å²) >= 11 is 1.52. The van der Waals surface area contributed by atoms with E-state index in [0.29, 0.717) is 24.5 Å². The van der Waals surface area contributed by atoms with Gasteiger partial charge in [0.1, 0.15) is 0 Å². The fourth-order valence-electron chi connectivity index (χ4n) is 2.53. The molecule has 2 aromatic heterocycles. The molecule has 0 saturated carbocycles. The summed E-state index contributed by atoms with van der Waals surface area (Å²) in [6, 6.07) is 3.83. The van der Waals surface area contributed by atoms with Gasteiger partial charge in [0.25, 0.3) is 5.91 Å². The second-order valence-corrected chi connectivity index (χ2v) is 5.90. The summed E-state index contributed by atoms with van der Waals surface area (Å²) in [5, 5.41) is 11.2. The molecule has 106 valence electrons. The van der Waals surface area contributed by atoms with Crippen molar-refractivity contribution in [3.05, 3.63) is 29.6 Å². The fourth-order valence-corrected chi connectivity index (χ4v) is 3.24. The van der Waals surface area contributed by atoms with Crippen molar-refractivity contribution >= 4 is 17.2 Å². The summed E-state index contributed by atoms with van der Waals surface area (Å²) in [5.41, 5.74) is 0.367. The van der Waals surface area contributed by atoms with Crippen molar-refractivity contribution < 1.29 is 14.3 Å². The van der Waals surface area contributed by atoms with Crippen LogP contribution in [0.15, 0.2) is 28.3 Å². The van der Waals surface area contributed by atoms with E-state index in [4.69, 9.17) is 4.42 Å². The van der Waals surface area contributed by atoms with Gasteiger partial charge in [0.2, 0.25) is 0 Å². The highest BCUT2D eigenvalue weighted by Gasteiger charge is 2.28. The van der Waals surface area contributed by atoms with Gasteiger partial charge in [-0.2, -0.15) is 0 Å². The number of nitrogens with zero attached hydrogens (tertiary/aromatic N) is 2. The monoisotopic (exact) mass is 292 g/mol. The molecule has 0 radical (unpaired) electrons. The second-order valence-electron chi connectivity index (χ2n) is 4.95. The first-order valence-electron chi connectivity index (χ1n) is 6.67. The van der Waals surface area contributed by atoms with Crippen LogP contribution < -0.4 is 0 Å². The van der Waals surface area contributed by atoms with Crippen LogP contribution in [0.1, 0.15) is 23.3 Å². The van der Waals surface area contributed by atoms with Crippen LogP contribution >= 0.6 is 11.3 Å². The Morgan fingerprint density at radius 3 is 3.25 bits per heavy atom. The summed E-state index contributed by atoms with van der Waals surface area (Å²) in [5.74, 6) is 0.598. The maximum absolute atomic E-state index is 12.6. The van der Waals surface area contributed by atoms with Gasteiger partial charge in [-0.05, 0) is 30.2 Å². The van der Waals surface area contributed by atoms with Gasteiger partial charge in [-0.1, -0.05) is 6.07 Å². The number of hydrogen-bond acceptors (Lipinski definition) is 5. The fraction of sp³-hybridized carbons (Fsp3) is 0.429. The number of oxazole rings is 1. The van der Waals surface area contributed by atoms with E-state index in [0.717, 1.165) is 17.7 Å². The van der Waals surface area contributed by atoms with Crippen molar-refractivity contribution in [2.45, 2.75) is 12.8 Å². The van der Waals surface area contributed by atoms with E-state index >= 15 is 0 Å². The maximum Gasteiger partial charge on any atom is 0.276 e. The summed E-state index contributed by atoms with van der Waals surface area (Å²) in [4.78, 5) is 19.3. The lowest BCUT2D eigenvalue weighted by Gasteiger charge is -2.31. The van der Waals surface area contributed by atoms with E-state index < -0.39 is 0 Å². The quantitative estimate of drug-likeness (QED) is 0.942. The Bertz CT molecular complexity index is 579. The van der Waals surface area contributed by atoms with E-state index in [1.807, 2.05) is 17.5 Å². The van der Waals surface area contributed by atoms with Crippen LogP contribution in [0.4, 0.5) is 0 Å². The van der Waals surface area contributed by atoms with Gasteiger partial charge in [-0.15, -0.1) is 11.3 Å². The molecule has 1 saturated heterocycles. The topological polar surface area (TPSA) is 66.6 Å². The average molecular weight is 292 g/mol. The highest BCUT2D eigenvalue weighted by atomic mass is 32.1. The second kappa shape index (κ2) is 5.76. The zero-order chi connectivity index (χ0) is 13.9. The van der Waals surface area contributed by atoms with Crippen molar-refractivity contribution in [3.63, 3.8) is 0 Å². The molecule has 0 aliphatic carbocycles. The molecule has 6 heteroatoms. The third-order valence-electron chi connectivity index (χ3n) is 3.58. The van der Waals surface area contributed by atoms with Crippen molar-refractivity contribution in [3.8, 4) is 10.6 Å². The minimum atomic E-state index is -0.111. The SMILES string of the molecule is O=C(c1ncoc1-c1cccs1)N1CCCC(CO)C1. The first-order chi connectivity index (χ1) is 9.79. The molecule has 3 heterocycles. The Labute approximate surface area is 120 Å². The third kappa shape index (κ3) is 2.48. The highest BCUT2D eigenvalue weighted by Crippen LogP contribution is 2.29. The number of amides is 1. The average Bonchev–Trinajstić information content (AvgIpc) is 3.16. The van der Waals surface area contributed by atoms with Crippen LogP contribution in [0, 0.1) is 5.92 Å². The Morgan fingerprint density at radius 2 is 2.50 bits per heavy atom. The summed E-state index contributed by atoms with van der Waals surface area (Å²) < 4.78 is 5.38. The molecule has 20 heavy (non-hydrogen) atoms. The number of rotatable bonds is 3. The molecular formula is C14H16N2O3S. The number of aromatic nitrogens is 1. The standard InChI is InChI=1S/C14H16N2O3S/c17-8-10-3-1-5-16(7-10)14(18)12-13(19-9-15-12)11-4-2-6-20-11/h2,4,6,9-10,17H,1,3,5,7-8H2. The number of likely N-dealkylation sites (tertiary alicyclic amines) is 1. The summed E-state index contributed by atoms with van der Waals surface area (Å²) in [6.45, 7) is 1.43. The number of carbonyl (C=O) groups is 1. The molecule has 0 bridgehead atoms. The largest absolute Gasteiger partial charge is 0.442 e. The zero-order valence-electron chi connectivity index (χ0n) is 11.0. The molecule has 0 spiro atoms. The number of piperidine rings is 1. The van der Waals surface area contributed by atoms with E-state index in [-0.39, 0.29) is 18.4 Å². The van der Waals surface area contributed by atoms with Crippen LogP contribution in [0.2, 0.25) is 0 Å². The lowest BCUT2D eigenvalue weighted by atomic mass is 9.99. The van der Waals surface area contributed by atoms with E-state index in [2.05, 4.69) is 4.98 Å². The molecule has 0 aromatic carbocycles. The summed E-state index contributed by atoms with van der Waals surface area (Å²) in [6.07, 6.45) is 3.20. The number of hydrogen-bond donors (Lipinski definition) is 1. The van der Waals surface area contributed by atoms with E-state index in [1.165, 1.54) is 17.7 Å². The summed E-state index contributed by atoms with van der Waals surface area (Å²) in [7, 11) is 0. The van der Waals surface area contributed by atoms with Gasteiger partial charge in [-0.25, -0.2) is 4.98 Å². The normalized spacial score (nSPS) is 19.2. The van der Waals surface area contributed by atoms with Crippen molar-refractivity contribution in [1.29, 1.82) is 0 Å². The van der Waals surface area contributed by atoms with Gasteiger partial charge in [0.15, 0.2) is 17.8 Å². The predicted octanol–water partition coefficient (Wildman–Crippen LogP) is 2.25. The van der Waals surface area contributed by atoms with E-state index in [1.54, 1.807) is 4.90 Å². The number of thiophene rings is 1. The minimum Gasteiger partial charge on any atom is -0.442 e. The molecule has 1 aliphatic rings. The van der Waals surface area contributed by atoms with E-state index in [9.17, 15) is 9.90 Å². The lowest BCUT2D eigenvalue weighted by molar-refractivity contribution is 0.0616. The molecule has 3 rings (SSSR count). The number of aliphatic hydroxyl groups excluding tert-OH is 1. The van der Waals surface area contributed by atoms with Gasteiger partial charge in [0, 0.05) is 19.7 Å².